The third-order valence-corrected chi connectivity index (χ3v) is 2.61. The fraction of sp³-hybridized carbons (Fsp3) is 0.111. The van der Waals surface area contributed by atoms with Crippen molar-refractivity contribution in [3.05, 3.63) is 31.4 Å². The van der Waals surface area contributed by atoms with Crippen molar-refractivity contribution in [1.82, 2.24) is 9.38 Å². The summed E-state index contributed by atoms with van der Waals surface area (Å²) in [5, 5.41) is 3.34. The van der Waals surface area contributed by atoms with Crippen molar-refractivity contribution in [3.63, 3.8) is 0 Å². The van der Waals surface area contributed by atoms with E-state index in [9.17, 15) is 4.79 Å². The number of ether oxygens (including phenoxy) is 1. The van der Waals surface area contributed by atoms with Gasteiger partial charge in [0.25, 0.3) is 0 Å². The van der Waals surface area contributed by atoms with Gasteiger partial charge in [-0.05, 0) is 0 Å². The predicted octanol–water partition coefficient (Wildman–Crippen LogP) is 2.13. The molecule has 0 spiro atoms. The smallest absolute Gasteiger partial charge is 0.412 e. The van der Waals surface area contributed by atoms with E-state index in [1.807, 2.05) is 4.40 Å². The van der Waals surface area contributed by atoms with Gasteiger partial charge in [0, 0.05) is 6.20 Å². The minimum Gasteiger partial charge on any atom is -0.445 e. The van der Waals surface area contributed by atoms with Gasteiger partial charge >= 0.3 is 6.09 Å². The van der Waals surface area contributed by atoms with Gasteiger partial charge in [-0.15, -0.1) is 0 Å². The second kappa shape index (κ2) is 4.14. The number of imidazole rings is 1. The molecule has 2 aromatic heterocycles. The highest BCUT2D eigenvalue weighted by atomic mass is 32.1. The minimum absolute atomic E-state index is 0.206. The van der Waals surface area contributed by atoms with Crippen molar-refractivity contribution >= 4 is 27.3 Å². The van der Waals surface area contributed by atoms with E-state index in [1.165, 1.54) is 17.4 Å². The first-order valence-corrected chi connectivity index (χ1v) is 5.07. The van der Waals surface area contributed by atoms with E-state index in [0.29, 0.717) is 0 Å². The second-order valence-electron chi connectivity index (χ2n) is 2.75. The van der Waals surface area contributed by atoms with Gasteiger partial charge in [-0.25, -0.2) is 9.78 Å². The molecule has 2 heterocycles. The van der Waals surface area contributed by atoms with Crippen molar-refractivity contribution in [3.8, 4) is 0 Å². The molecular weight excluding hydrogens is 214 g/mol. The first-order valence-electron chi connectivity index (χ1n) is 4.26. The summed E-state index contributed by atoms with van der Waals surface area (Å²) in [6.45, 7) is 3.66. The van der Waals surface area contributed by atoms with Crippen LogP contribution >= 0.6 is 11.3 Å². The predicted molar refractivity (Wildman–Crippen MR) is 58.2 cm³/mol. The van der Waals surface area contributed by atoms with Crippen LogP contribution in [0.5, 0.6) is 0 Å². The number of nitrogens with one attached hydrogen (secondary N) is 1. The largest absolute Gasteiger partial charge is 0.445 e. The summed E-state index contributed by atoms with van der Waals surface area (Å²) in [7, 11) is 0. The molecular formula is C9H9N3O2S. The first-order chi connectivity index (χ1) is 7.29. The Morgan fingerprint density at radius 3 is 3.40 bits per heavy atom. The number of aromatic nitrogens is 2. The van der Waals surface area contributed by atoms with E-state index < -0.39 is 6.09 Å². The fourth-order valence-corrected chi connectivity index (χ4v) is 1.91. The normalized spacial score (nSPS) is 10.1. The van der Waals surface area contributed by atoms with E-state index >= 15 is 0 Å². The van der Waals surface area contributed by atoms with Crippen LogP contribution in [-0.2, 0) is 4.74 Å². The molecule has 0 bridgehead atoms. The lowest BCUT2D eigenvalue weighted by molar-refractivity contribution is 0.174. The van der Waals surface area contributed by atoms with Crippen LogP contribution < -0.4 is 5.32 Å². The van der Waals surface area contributed by atoms with Gasteiger partial charge in [0.15, 0.2) is 0 Å². The average Bonchev–Trinajstić information content (AvgIpc) is 2.74. The lowest BCUT2D eigenvalue weighted by Crippen LogP contribution is -2.12. The first kappa shape index (κ1) is 9.72. The van der Waals surface area contributed by atoms with Crippen LogP contribution in [0.2, 0.25) is 0 Å². The average molecular weight is 223 g/mol. The van der Waals surface area contributed by atoms with Crippen molar-refractivity contribution in [2.24, 2.45) is 0 Å². The number of amides is 1. The molecule has 5 nitrogen and oxygen atoms in total. The molecule has 0 fully saturated rings. The summed E-state index contributed by atoms with van der Waals surface area (Å²) in [4.78, 5) is 16.1. The molecule has 1 N–H and O–H groups in total. The van der Waals surface area contributed by atoms with Crippen LogP contribution in [0.25, 0.3) is 4.83 Å². The highest BCUT2D eigenvalue weighted by Crippen LogP contribution is 2.22. The SMILES string of the molecule is C=CCOC(=O)Nc1cn2cncc2s1. The number of hydrogen-bond donors (Lipinski definition) is 1. The molecule has 2 rings (SSSR count). The van der Waals surface area contributed by atoms with Gasteiger partial charge in [-0.2, -0.15) is 0 Å². The highest BCUT2D eigenvalue weighted by molar-refractivity contribution is 7.21. The number of anilines is 1. The lowest BCUT2D eigenvalue weighted by Gasteiger charge is -2.00. The molecule has 0 aliphatic heterocycles. The van der Waals surface area contributed by atoms with Gasteiger partial charge in [0.2, 0.25) is 0 Å². The molecule has 0 atom stereocenters. The van der Waals surface area contributed by atoms with E-state index in [0.717, 1.165) is 9.83 Å². The summed E-state index contributed by atoms with van der Waals surface area (Å²) in [6.07, 6.45) is 6.22. The summed E-state index contributed by atoms with van der Waals surface area (Å²) in [6, 6.07) is 0. The van der Waals surface area contributed by atoms with Crippen molar-refractivity contribution in [2.75, 3.05) is 11.9 Å². The number of carbonyl (C=O) groups excluding carboxylic acids is 1. The minimum atomic E-state index is -0.479. The summed E-state index contributed by atoms with van der Waals surface area (Å²) >= 11 is 1.43. The number of fused-ring (bicyclic) bond motifs is 1. The van der Waals surface area contributed by atoms with Gasteiger partial charge in [-0.3, -0.25) is 9.72 Å². The number of thiazole rings is 1. The van der Waals surface area contributed by atoms with Crippen LogP contribution in [0.15, 0.2) is 31.4 Å². The maximum atomic E-state index is 11.2. The number of rotatable bonds is 3. The number of carbonyl (C=O) groups is 1. The van der Waals surface area contributed by atoms with Crippen molar-refractivity contribution < 1.29 is 9.53 Å². The Kier molecular flexibility index (Phi) is 2.68. The van der Waals surface area contributed by atoms with E-state index in [4.69, 9.17) is 4.74 Å². The second-order valence-corrected chi connectivity index (χ2v) is 3.81. The molecule has 0 saturated carbocycles. The third kappa shape index (κ3) is 2.16. The molecule has 6 heteroatoms. The molecule has 2 aromatic rings. The zero-order chi connectivity index (χ0) is 10.7. The van der Waals surface area contributed by atoms with E-state index in [2.05, 4.69) is 16.9 Å². The molecule has 15 heavy (non-hydrogen) atoms. The molecule has 0 aliphatic rings. The van der Waals surface area contributed by atoms with Crippen molar-refractivity contribution in [1.29, 1.82) is 0 Å². The highest BCUT2D eigenvalue weighted by Gasteiger charge is 2.05. The Morgan fingerprint density at radius 2 is 2.67 bits per heavy atom. The van der Waals surface area contributed by atoms with Crippen LogP contribution in [0.1, 0.15) is 0 Å². The maximum Gasteiger partial charge on any atom is 0.412 e. The molecule has 0 aliphatic carbocycles. The monoisotopic (exact) mass is 223 g/mol. The van der Waals surface area contributed by atoms with Gasteiger partial charge in [-0.1, -0.05) is 24.0 Å². The zero-order valence-electron chi connectivity index (χ0n) is 7.84. The molecule has 0 aromatic carbocycles. The Labute approximate surface area is 90.0 Å². The maximum absolute atomic E-state index is 11.2. The topological polar surface area (TPSA) is 55.6 Å². The molecule has 1 amide bonds. The Bertz CT molecular complexity index is 460. The zero-order valence-corrected chi connectivity index (χ0v) is 8.66. The molecule has 0 unspecified atom stereocenters. The molecule has 78 valence electrons. The summed E-state index contributed by atoms with van der Waals surface area (Å²) in [5.41, 5.74) is 0. The van der Waals surface area contributed by atoms with E-state index in [1.54, 1.807) is 18.7 Å². The van der Waals surface area contributed by atoms with Gasteiger partial charge < -0.3 is 4.74 Å². The number of hydrogen-bond acceptors (Lipinski definition) is 4. The third-order valence-electron chi connectivity index (χ3n) is 1.66. The van der Waals surface area contributed by atoms with Gasteiger partial charge in [0.05, 0.1) is 12.5 Å². The van der Waals surface area contributed by atoms with Crippen LogP contribution in [0.3, 0.4) is 0 Å². The lowest BCUT2D eigenvalue weighted by atomic mass is 10.7. The summed E-state index contributed by atoms with van der Waals surface area (Å²) < 4.78 is 6.61. The Morgan fingerprint density at radius 1 is 1.80 bits per heavy atom. The number of nitrogens with zero attached hydrogens (tertiary/aromatic N) is 2. The van der Waals surface area contributed by atoms with Gasteiger partial charge in [0.1, 0.15) is 16.4 Å². The van der Waals surface area contributed by atoms with Crippen molar-refractivity contribution in [2.45, 2.75) is 0 Å². The van der Waals surface area contributed by atoms with Crippen LogP contribution in [0.4, 0.5) is 9.80 Å². The Balaban J connectivity index is 2.02. The Hall–Kier alpha value is -1.82. The molecule has 0 saturated heterocycles. The van der Waals surface area contributed by atoms with E-state index in [-0.39, 0.29) is 6.61 Å². The fourth-order valence-electron chi connectivity index (χ4n) is 1.06. The quantitative estimate of drug-likeness (QED) is 0.811. The van der Waals surface area contributed by atoms with Crippen LogP contribution in [-0.4, -0.2) is 22.1 Å². The van der Waals surface area contributed by atoms with Crippen LogP contribution in [0, 0.1) is 0 Å². The summed E-state index contributed by atoms with van der Waals surface area (Å²) in [5.74, 6) is 0. The molecule has 0 radical (unpaired) electrons. The standard InChI is InChI=1S/C9H9N3O2S/c1-2-3-14-9(13)11-7-5-12-6-10-4-8(12)15-7/h2,4-6H,1,3H2,(H,11,13).